The van der Waals surface area contributed by atoms with Gasteiger partial charge in [0.25, 0.3) is 0 Å². The van der Waals surface area contributed by atoms with Crippen molar-refractivity contribution in [2.24, 2.45) is 0 Å². The van der Waals surface area contributed by atoms with Crippen LogP contribution in [0, 0.1) is 13.8 Å². The summed E-state index contributed by atoms with van der Waals surface area (Å²) >= 11 is 0. The summed E-state index contributed by atoms with van der Waals surface area (Å²) in [6.45, 7) is 5.78. The van der Waals surface area contributed by atoms with Crippen molar-refractivity contribution >= 4 is 11.0 Å². The van der Waals surface area contributed by atoms with Gasteiger partial charge in [0.05, 0.1) is 17.6 Å². The van der Waals surface area contributed by atoms with E-state index in [2.05, 4.69) is 47.7 Å². The second kappa shape index (κ2) is 6.00. The Morgan fingerprint density at radius 3 is 2.62 bits per heavy atom. The van der Waals surface area contributed by atoms with E-state index in [9.17, 15) is 0 Å². The van der Waals surface area contributed by atoms with Crippen LogP contribution in [0.15, 0.2) is 48.5 Å². The molecule has 0 aliphatic heterocycles. The molecule has 0 atom stereocenters. The van der Waals surface area contributed by atoms with Gasteiger partial charge in [0.1, 0.15) is 11.6 Å². The van der Waals surface area contributed by atoms with Crippen molar-refractivity contribution in [3.8, 4) is 5.75 Å². The van der Waals surface area contributed by atoms with Gasteiger partial charge in [-0.25, -0.2) is 4.98 Å². The van der Waals surface area contributed by atoms with E-state index in [0.717, 1.165) is 36.7 Å². The third-order valence-electron chi connectivity index (χ3n) is 3.72. The van der Waals surface area contributed by atoms with Crippen LogP contribution in [0.5, 0.6) is 5.75 Å². The minimum atomic E-state index is 0.719. The molecule has 1 aromatic heterocycles. The first-order valence-corrected chi connectivity index (χ1v) is 7.36. The van der Waals surface area contributed by atoms with E-state index in [1.165, 1.54) is 11.1 Å². The molecule has 3 heteroatoms. The monoisotopic (exact) mass is 280 g/mol. The van der Waals surface area contributed by atoms with Gasteiger partial charge in [0.2, 0.25) is 0 Å². The predicted octanol–water partition coefficient (Wildman–Crippen LogP) is 4.12. The number of hydrogen-bond donors (Lipinski definition) is 0. The van der Waals surface area contributed by atoms with Gasteiger partial charge in [-0.1, -0.05) is 30.3 Å². The lowest BCUT2D eigenvalue weighted by Gasteiger charge is -2.10. The summed E-state index contributed by atoms with van der Waals surface area (Å²) in [6.07, 6.45) is 0.968. The molecule has 0 unspecified atom stereocenters. The largest absolute Gasteiger partial charge is 0.493 e. The Morgan fingerprint density at radius 2 is 1.76 bits per heavy atom. The fraction of sp³-hybridized carbons (Fsp3) is 0.278. The Kier molecular flexibility index (Phi) is 3.91. The average molecular weight is 280 g/mol. The van der Waals surface area contributed by atoms with Crippen LogP contribution < -0.4 is 4.74 Å². The SMILES string of the molecule is Cc1ccccc1OCCCn1c(C)nc2ccccc21. The molecule has 0 aliphatic carbocycles. The highest BCUT2D eigenvalue weighted by atomic mass is 16.5. The Hall–Kier alpha value is -2.29. The van der Waals surface area contributed by atoms with E-state index in [1.807, 2.05) is 24.3 Å². The second-order valence-electron chi connectivity index (χ2n) is 5.27. The lowest BCUT2D eigenvalue weighted by molar-refractivity contribution is 0.300. The van der Waals surface area contributed by atoms with E-state index in [1.54, 1.807) is 0 Å². The van der Waals surface area contributed by atoms with Crippen molar-refractivity contribution in [1.29, 1.82) is 0 Å². The maximum atomic E-state index is 5.85. The first-order valence-electron chi connectivity index (χ1n) is 7.36. The molecule has 0 bridgehead atoms. The zero-order valence-electron chi connectivity index (χ0n) is 12.5. The topological polar surface area (TPSA) is 27.1 Å². The number of para-hydroxylation sites is 3. The van der Waals surface area contributed by atoms with Crippen LogP contribution in [-0.2, 0) is 6.54 Å². The molecule has 0 saturated carbocycles. The molecule has 0 N–H and O–H groups in total. The summed E-state index contributed by atoms with van der Waals surface area (Å²) in [4.78, 5) is 4.59. The summed E-state index contributed by atoms with van der Waals surface area (Å²) < 4.78 is 8.11. The first-order chi connectivity index (χ1) is 10.3. The normalized spacial score (nSPS) is 11.0. The number of aromatic nitrogens is 2. The molecular weight excluding hydrogens is 260 g/mol. The summed E-state index contributed by atoms with van der Waals surface area (Å²) in [7, 11) is 0. The zero-order chi connectivity index (χ0) is 14.7. The molecule has 3 nitrogen and oxygen atoms in total. The van der Waals surface area contributed by atoms with Crippen LogP contribution in [0.4, 0.5) is 0 Å². The van der Waals surface area contributed by atoms with Gasteiger partial charge in [-0.15, -0.1) is 0 Å². The van der Waals surface area contributed by atoms with Gasteiger partial charge in [0.15, 0.2) is 0 Å². The molecule has 3 rings (SSSR count). The predicted molar refractivity (Wildman–Crippen MR) is 85.8 cm³/mol. The van der Waals surface area contributed by atoms with Crippen LogP contribution in [0.25, 0.3) is 11.0 Å². The molecule has 0 fully saturated rings. The number of imidazole rings is 1. The van der Waals surface area contributed by atoms with E-state index in [0.29, 0.717) is 0 Å². The Morgan fingerprint density at radius 1 is 1.00 bits per heavy atom. The van der Waals surface area contributed by atoms with Crippen molar-refractivity contribution in [2.45, 2.75) is 26.8 Å². The molecule has 0 amide bonds. The van der Waals surface area contributed by atoms with Crippen molar-refractivity contribution in [3.63, 3.8) is 0 Å². The highest BCUT2D eigenvalue weighted by Crippen LogP contribution is 2.18. The molecule has 0 saturated heterocycles. The summed E-state index contributed by atoms with van der Waals surface area (Å²) in [5.41, 5.74) is 3.45. The van der Waals surface area contributed by atoms with Crippen molar-refractivity contribution in [2.75, 3.05) is 6.61 Å². The van der Waals surface area contributed by atoms with Crippen LogP contribution in [0.3, 0.4) is 0 Å². The van der Waals surface area contributed by atoms with Gasteiger partial charge in [-0.2, -0.15) is 0 Å². The van der Waals surface area contributed by atoms with Crippen molar-refractivity contribution in [3.05, 3.63) is 59.9 Å². The Balaban J connectivity index is 1.62. The van der Waals surface area contributed by atoms with Crippen LogP contribution in [0.2, 0.25) is 0 Å². The molecule has 2 aromatic carbocycles. The summed E-state index contributed by atoms with van der Waals surface area (Å²) in [5.74, 6) is 2.04. The van der Waals surface area contributed by atoms with Crippen molar-refractivity contribution < 1.29 is 4.74 Å². The fourth-order valence-electron chi connectivity index (χ4n) is 2.60. The minimum absolute atomic E-state index is 0.719. The number of fused-ring (bicyclic) bond motifs is 1. The quantitative estimate of drug-likeness (QED) is 0.657. The third-order valence-corrected chi connectivity index (χ3v) is 3.72. The van der Waals surface area contributed by atoms with E-state index in [-0.39, 0.29) is 0 Å². The Labute approximate surface area is 125 Å². The molecule has 1 heterocycles. The molecule has 0 aliphatic rings. The fourth-order valence-corrected chi connectivity index (χ4v) is 2.60. The number of ether oxygens (including phenoxy) is 1. The zero-order valence-corrected chi connectivity index (χ0v) is 12.5. The average Bonchev–Trinajstić information content (AvgIpc) is 2.81. The number of nitrogens with zero attached hydrogens (tertiary/aromatic N) is 2. The molecule has 0 radical (unpaired) electrons. The highest BCUT2D eigenvalue weighted by molar-refractivity contribution is 5.75. The lowest BCUT2D eigenvalue weighted by Crippen LogP contribution is -2.06. The van der Waals surface area contributed by atoms with Gasteiger partial charge >= 0.3 is 0 Å². The third kappa shape index (κ3) is 2.92. The van der Waals surface area contributed by atoms with Gasteiger partial charge in [0, 0.05) is 6.54 Å². The summed E-state index contributed by atoms with van der Waals surface area (Å²) in [6, 6.07) is 16.4. The molecule has 21 heavy (non-hydrogen) atoms. The van der Waals surface area contributed by atoms with Gasteiger partial charge in [-0.05, 0) is 44.0 Å². The number of rotatable bonds is 5. The van der Waals surface area contributed by atoms with Crippen LogP contribution in [-0.4, -0.2) is 16.2 Å². The highest BCUT2D eigenvalue weighted by Gasteiger charge is 2.06. The van der Waals surface area contributed by atoms with E-state index < -0.39 is 0 Å². The maximum absolute atomic E-state index is 5.85. The maximum Gasteiger partial charge on any atom is 0.122 e. The minimum Gasteiger partial charge on any atom is -0.493 e. The first kappa shape index (κ1) is 13.7. The van der Waals surface area contributed by atoms with Crippen molar-refractivity contribution in [1.82, 2.24) is 9.55 Å². The van der Waals surface area contributed by atoms with Gasteiger partial charge in [-0.3, -0.25) is 0 Å². The smallest absolute Gasteiger partial charge is 0.122 e. The molecular formula is C18H20N2O. The number of aryl methyl sites for hydroxylation is 3. The van der Waals surface area contributed by atoms with Crippen LogP contribution >= 0.6 is 0 Å². The van der Waals surface area contributed by atoms with Gasteiger partial charge < -0.3 is 9.30 Å². The van der Waals surface area contributed by atoms with E-state index in [4.69, 9.17) is 4.74 Å². The standard InChI is InChI=1S/C18H20N2O/c1-14-8-3-6-11-18(14)21-13-7-12-20-15(2)19-16-9-4-5-10-17(16)20/h3-6,8-11H,7,12-13H2,1-2H3. The molecule has 3 aromatic rings. The van der Waals surface area contributed by atoms with Crippen LogP contribution in [0.1, 0.15) is 17.8 Å². The molecule has 0 spiro atoms. The Bertz CT molecular complexity index is 746. The number of benzene rings is 2. The second-order valence-corrected chi connectivity index (χ2v) is 5.27. The number of hydrogen-bond acceptors (Lipinski definition) is 2. The lowest BCUT2D eigenvalue weighted by atomic mass is 10.2. The van der Waals surface area contributed by atoms with E-state index >= 15 is 0 Å². The summed E-state index contributed by atoms with van der Waals surface area (Å²) in [5, 5.41) is 0. The molecule has 108 valence electrons.